The Morgan fingerprint density at radius 1 is 1.30 bits per heavy atom. The molecule has 54 valence electrons. The summed E-state index contributed by atoms with van der Waals surface area (Å²) < 4.78 is 5.96. The van der Waals surface area contributed by atoms with E-state index in [4.69, 9.17) is 4.74 Å². The molecule has 2 heteroatoms. The van der Waals surface area contributed by atoms with Crippen LogP contribution in [-0.4, -0.2) is 4.61 Å². The molecule has 0 N–H and O–H groups in total. The lowest BCUT2D eigenvalue weighted by Gasteiger charge is -2.00. The maximum atomic E-state index is 5.25. The maximum absolute atomic E-state index is 5.25. The Morgan fingerprint density at radius 3 is 2.40 bits per heavy atom. The van der Waals surface area contributed by atoms with E-state index >= 15 is 0 Å². The molecule has 1 aromatic rings. The molecule has 0 atom stereocenters. The van der Waals surface area contributed by atoms with Gasteiger partial charge in [0, 0.05) is 0 Å². The van der Waals surface area contributed by atoms with Crippen molar-refractivity contribution in [3.8, 4) is 5.75 Å². The van der Waals surface area contributed by atoms with Gasteiger partial charge in [0.1, 0.15) is 10.4 Å². The van der Waals surface area contributed by atoms with Crippen molar-refractivity contribution in [2.45, 2.75) is 6.92 Å². The van der Waals surface area contributed by atoms with Crippen LogP contribution in [0.4, 0.5) is 0 Å². The highest BCUT2D eigenvalue weighted by Gasteiger charge is 1.88. The third-order valence-electron chi connectivity index (χ3n) is 1.24. The van der Waals surface area contributed by atoms with Gasteiger partial charge in [-0.2, -0.15) is 0 Å². The SMILES string of the molecule is Cc1ccc(OCI)cc1. The fourth-order valence-corrected chi connectivity index (χ4v) is 1.06. The van der Waals surface area contributed by atoms with E-state index in [-0.39, 0.29) is 0 Å². The van der Waals surface area contributed by atoms with Crippen molar-refractivity contribution in [3.05, 3.63) is 29.8 Å². The molecule has 1 rings (SSSR count). The van der Waals surface area contributed by atoms with Gasteiger partial charge >= 0.3 is 0 Å². The predicted molar refractivity (Wildman–Crippen MR) is 50.7 cm³/mol. The van der Waals surface area contributed by atoms with Crippen LogP contribution in [-0.2, 0) is 0 Å². The highest BCUT2D eigenvalue weighted by atomic mass is 127. The lowest BCUT2D eigenvalue weighted by Crippen LogP contribution is -1.86. The van der Waals surface area contributed by atoms with Crippen LogP contribution in [0.2, 0.25) is 0 Å². The molecule has 10 heavy (non-hydrogen) atoms. The first-order chi connectivity index (χ1) is 4.83. The minimum Gasteiger partial charge on any atom is -0.483 e. The molecule has 0 unspecified atom stereocenters. The number of aryl methyl sites for hydroxylation is 1. The van der Waals surface area contributed by atoms with Gasteiger partial charge in [-0.25, -0.2) is 0 Å². The molecule has 0 saturated carbocycles. The molecule has 0 radical (unpaired) electrons. The number of hydrogen-bond donors (Lipinski definition) is 0. The van der Waals surface area contributed by atoms with Crippen molar-refractivity contribution in [2.24, 2.45) is 0 Å². The van der Waals surface area contributed by atoms with Crippen molar-refractivity contribution >= 4 is 22.6 Å². The van der Waals surface area contributed by atoms with Crippen molar-refractivity contribution in [3.63, 3.8) is 0 Å². The summed E-state index contributed by atoms with van der Waals surface area (Å²) in [4.78, 5) is 0. The van der Waals surface area contributed by atoms with Gasteiger partial charge in [0.05, 0.1) is 0 Å². The summed E-state index contributed by atoms with van der Waals surface area (Å²) in [5.74, 6) is 0.944. The summed E-state index contributed by atoms with van der Waals surface area (Å²) >= 11 is 2.18. The lowest BCUT2D eigenvalue weighted by atomic mass is 10.2. The van der Waals surface area contributed by atoms with Crippen molar-refractivity contribution in [2.75, 3.05) is 4.61 Å². The number of halogens is 1. The average molecular weight is 248 g/mol. The molecule has 0 saturated heterocycles. The highest BCUT2D eigenvalue weighted by Crippen LogP contribution is 2.11. The molecule has 1 nitrogen and oxygen atoms in total. The zero-order valence-electron chi connectivity index (χ0n) is 5.80. The predicted octanol–water partition coefficient (Wildman–Crippen LogP) is 2.77. The van der Waals surface area contributed by atoms with Crippen LogP contribution in [0, 0.1) is 6.92 Å². The first-order valence-electron chi connectivity index (χ1n) is 3.08. The summed E-state index contributed by atoms with van der Waals surface area (Å²) in [7, 11) is 0. The van der Waals surface area contributed by atoms with E-state index in [9.17, 15) is 0 Å². The van der Waals surface area contributed by atoms with E-state index in [0.717, 1.165) is 5.75 Å². The standard InChI is InChI=1S/C8H9IO/c1-7-2-4-8(5-3-7)10-6-9/h2-5H,6H2,1H3. The molecular formula is C8H9IO. The number of hydrogen-bond acceptors (Lipinski definition) is 1. The zero-order chi connectivity index (χ0) is 7.40. The molecule has 0 heterocycles. The van der Waals surface area contributed by atoms with Crippen LogP contribution in [0.15, 0.2) is 24.3 Å². The van der Waals surface area contributed by atoms with Crippen LogP contribution in [0.5, 0.6) is 5.75 Å². The second kappa shape index (κ2) is 3.81. The molecule has 0 aliphatic rings. The quantitative estimate of drug-likeness (QED) is 0.577. The van der Waals surface area contributed by atoms with E-state index < -0.39 is 0 Å². The van der Waals surface area contributed by atoms with Gasteiger partial charge in [-0.3, -0.25) is 0 Å². The Morgan fingerprint density at radius 2 is 1.90 bits per heavy atom. The minimum atomic E-state index is 0.709. The normalized spacial score (nSPS) is 9.40. The molecule has 0 fully saturated rings. The summed E-state index contributed by atoms with van der Waals surface area (Å²) in [6, 6.07) is 8.05. The number of alkyl halides is 1. The largest absolute Gasteiger partial charge is 0.483 e. The molecule has 0 amide bonds. The van der Waals surface area contributed by atoms with Crippen LogP contribution in [0.1, 0.15) is 5.56 Å². The average Bonchev–Trinajstić information content (AvgIpc) is 1.95. The first-order valence-corrected chi connectivity index (χ1v) is 4.61. The number of benzene rings is 1. The van der Waals surface area contributed by atoms with E-state index in [1.54, 1.807) is 0 Å². The Balaban J connectivity index is 2.69. The Bertz CT molecular complexity index is 193. The molecule has 1 aromatic carbocycles. The van der Waals surface area contributed by atoms with Gasteiger partial charge in [0.2, 0.25) is 0 Å². The van der Waals surface area contributed by atoms with Gasteiger partial charge in [-0.15, -0.1) is 0 Å². The molecule has 0 aromatic heterocycles. The molecule has 0 aliphatic carbocycles. The number of ether oxygens (including phenoxy) is 1. The van der Waals surface area contributed by atoms with Gasteiger partial charge in [-0.1, -0.05) is 17.7 Å². The molecule has 0 bridgehead atoms. The third-order valence-corrected chi connectivity index (χ3v) is 1.55. The lowest BCUT2D eigenvalue weighted by molar-refractivity contribution is 0.404. The molecular weight excluding hydrogens is 239 g/mol. The minimum absolute atomic E-state index is 0.709. The van der Waals surface area contributed by atoms with Crippen LogP contribution < -0.4 is 4.74 Å². The fraction of sp³-hybridized carbons (Fsp3) is 0.250. The third kappa shape index (κ3) is 2.17. The summed E-state index contributed by atoms with van der Waals surface area (Å²) in [5, 5.41) is 0. The van der Waals surface area contributed by atoms with Gasteiger partial charge in [0.15, 0.2) is 0 Å². The molecule has 0 spiro atoms. The van der Waals surface area contributed by atoms with E-state index in [0.29, 0.717) is 4.61 Å². The fourth-order valence-electron chi connectivity index (χ4n) is 0.697. The highest BCUT2D eigenvalue weighted by molar-refractivity contribution is 14.1. The summed E-state index contributed by atoms with van der Waals surface area (Å²) in [5.41, 5.74) is 1.26. The Labute approximate surface area is 74.5 Å². The second-order valence-corrected chi connectivity index (χ2v) is 2.69. The second-order valence-electron chi connectivity index (χ2n) is 2.07. The Hall–Kier alpha value is -0.250. The smallest absolute Gasteiger partial charge is 0.139 e. The monoisotopic (exact) mass is 248 g/mol. The Kier molecular flexibility index (Phi) is 2.99. The van der Waals surface area contributed by atoms with Crippen molar-refractivity contribution < 1.29 is 4.74 Å². The topological polar surface area (TPSA) is 9.23 Å². The van der Waals surface area contributed by atoms with Crippen molar-refractivity contribution in [1.29, 1.82) is 0 Å². The first kappa shape index (κ1) is 7.85. The van der Waals surface area contributed by atoms with Crippen LogP contribution in [0.25, 0.3) is 0 Å². The maximum Gasteiger partial charge on any atom is 0.139 e. The zero-order valence-corrected chi connectivity index (χ0v) is 7.96. The van der Waals surface area contributed by atoms with Crippen LogP contribution in [0.3, 0.4) is 0 Å². The van der Waals surface area contributed by atoms with Gasteiger partial charge < -0.3 is 4.74 Å². The van der Waals surface area contributed by atoms with Crippen molar-refractivity contribution in [1.82, 2.24) is 0 Å². The van der Waals surface area contributed by atoms with E-state index in [1.165, 1.54) is 5.56 Å². The van der Waals surface area contributed by atoms with E-state index in [2.05, 4.69) is 29.5 Å². The molecule has 0 aliphatic heterocycles. The van der Waals surface area contributed by atoms with E-state index in [1.807, 2.05) is 24.3 Å². The van der Waals surface area contributed by atoms with Crippen LogP contribution >= 0.6 is 22.6 Å². The van der Waals surface area contributed by atoms with Gasteiger partial charge in [-0.05, 0) is 41.6 Å². The summed E-state index contributed by atoms with van der Waals surface area (Å²) in [6.07, 6.45) is 0. The number of rotatable bonds is 2. The summed E-state index contributed by atoms with van der Waals surface area (Å²) in [6.45, 7) is 2.06. The van der Waals surface area contributed by atoms with Gasteiger partial charge in [0.25, 0.3) is 0 Å².